The van der Waals surface area contributed by atoms with E-state index in [1.165, 1.54) is 4.90 Å². The van der Waals surface area contributed by atoms with Crippen LogP contribution in [-0.4, -0.2) is 29.0 Å². The van der Waals surface area contributed by atoms with Gasteiger partial charge in [0.2, 0.25) is 5.91 Å². The van der Waals surface area contributed by atoms with Crippen LogP contribution in [0.3, 0.4) is 0 Å². The van der Waals surface area contributed by atoms with Crippen molar-refractivity contribution in [3.05, 3.63) is 0 Å². The van der Waals surface area contributed by atoms with Gasteiger partial charge < -0.3 is 4.74 Å². The Hall–Kier alpha value is -1.06. The molecule has 1 saturated carbocycles. The fourth-order valence-electron chi connectivity index (χ4n) is 2.14. The number of rotatable bonds is 0. The van der Waals surface area contributed by atoms with Crippen molar-refractivity contribution >= 4 is 12.0 Å². The van der Waals surface area contributed by atoms with E-state index in [4.69, 9.17) is 4.74 Å². The van der Waals surface area contributed by atoms with Crippen LogP contribution in [0.4, 0.5) is 4.79 Å². The Labute approximate surface area is 89.6 Å². The van der Waals surface area contributed by atoms with E-state index in [2.05, 4.69) is 0 Å². The Morgan fingerprint density at radius 3 is 2.47 bits per heavy atom. The molecule has 15 heavy (non-hydrogen) atoms. The largest absolute Gasteiger partial charge is 0.443 e. The highest BCUT2D eigenvalue weighted by Crippen LogP contribution is 2.40. The van der Waals surface area contributed by atoms with Crippen molar-refractivity contribution in [2.45, 2.75) is 39.2 Å². The van der Waals surface area contributed by atoms with Gasteiger partial charge in [-0.05, 0) is 39.5 Å². The van der Waals surface area contributed by atoms with Gasteiger partial charge in [-0.25, -0.2) is 9.69 Å². The molecule has 2 heterocycles. The van der Waals surface area contributed by atoms with Gasteiger partial charge in [0.05, 0.1) is 0 Å². The number of fused-ring (bicyclic) bond motifs is 2. The van der Waals surface area contributed by atoms with Crippen LogP contribution in [0.15, 0.2) is 0 Å². The lowest BCUT2D eigenvalue weighted by Crippen LogP contribution is -2.55. The fourth-order valence-corrected chi connectivity index (χ4v) is 2.14. The van der Waals surface area contributed by atoms with E-state index in [9.17, 15) is 9.59 Å². The minimum Gasteiger partial charge on any atom is -0.443 e. The van der Waals surface area contributed by atoms with Gasteiger partial charge in [0.1, 0.15) is 5.60 Å². The molecule has 3 aliphatic rings. The van der Waals surface area contributed by atoms with Crippen LogP contribution in [0.2, 0.25) is 0 Å². The van der Waals surface area contributed by atoms with E-state index in [0.717, 1.165) is 12.8 Å². The summed E-state index contributed by atoms with van der Waals surface area (Å²) in [6, 6.07) is 0. The number of ether oxygens (including phenoxy) is 1. The Morgan fingerprint density at radius 2 is 2.00 bits per heavy atom. The SMILES string of the molecule is CC(C)(C)OC(=O)N1CC2CC(C2)C1=O. The lowest BCUT2D eigenvalue weighted by atomic mass is 9.70. The number of hydrogen-bond donors (Lipinski definition) is 0. The predicted octanol–water partition coefficient (Wildman–Crippen LogP) is 1.79. The van der Waals surface area contributed by atoms with Crippen LogP contribution < -0.4 is 0 Å². The second kappa shape index (κ2) is 3.22. The molecule has 1 aliphatic carbocycles. The number of carbonyl (C=O) groups excluding carboxylic acids is 2. The Bertz CT molecular complexity index is 299. The fraction of sp³-hybridized carbons (Fsp3) is 0.818. The van der Waals surface area contributed by atoms with Crippen molar-refractivity contribution in [2.24, 2.45) is 11.8 Å². The predicted molar refractivity (Wildman–Crippen MR) is 54.2 cm³/mol. The van der Waals surface area contributed by atoms with Crippen molar-refractivity contribution < 1.29 is 14.3 Å². The second-order valence-corrected chi connectivity index (χ2v) is 5.46. The summed E-state index contributed by atoms with van der Waals surface area (Å²) in [4.78, 5) is 24.7. The maximum Gasteiger partial charge on any atom is 0.417 e. The molecule has 0 aromatic heterocycles. The molecule has 0 aromatic carbocycles. The molecule has 84 valence electrons. The molecule has 3 fully saturated rings. The highest BCUT2D eigenvalue weighted by molar-refractivity contribution is 5.95. The van der Waals surface area contributed by atoms with E-state index in [1.807, 2.05) is 0 Å². The number of imide groups is 1. The average Bonchev–Trinajstić information content (AvgIpc) is 1.98. The van der Waals surface area contributed by atoms with Gasteiger partial charge in [-0.15, -0.1) is 0 Å². The van der Waals surface area contributed by atoms with Gasteiger partial charge in [0, 0.05) is 12.5 Å². The molecule has 0 atom stereocenters. The minimum absolute atomic E-state index is 0.0493. The van der Waals surface area contributed by atoms with Crippen LogP contribution in [0.1, 0.15) is 33.6 Å². The zero-order chi connectivity index (χ0) is 11.2. The molecule has 2 bridgehead atoms. The molecule has 0 unspecified atom stereocenters. The molecule has 4 heteroatoms. The maximum absolute atomic E-state index is 11.7. The van der Waals surface area contributed by atoms with Crippen LogP contribution >= 0.6 is 0 Å². The average molecular weight is 211 g/mol. The lowest BCUT2D eigenvalue weighted by molar-refractivity contribution is -0.147. The normalized spacial score (nSPS) is 29.8. The molecular formula is C11H17NO3. The van der Waals surface area contributed by atoms with Crippen LogP contribution in [0.25, 0.3) is 0 Å². The molecule has 2 aliphatic heterocycles. The summed E-state index contributed by atoms with van der Waals surface area (Å²) in [5, 5.41) is 0. The van der Waals surface area contributed by atoms with E-state index >= 15 is 0 Å². The quantitative estimate of drug-likeness (QED) is 0.613. The van der Waals surface area contributed by atoms with E-state index in [-0.39, 0.29) is 11.8 Å². The molecule has 3 rings (SSSR count). The summed E-state index contributed by atoms with van der Waals surface area (Å²) in [6.45, 7) is 5.96. The first-order valence-electron chi connectivity index (χ1n) is 5.41. The molecule has 4 nitrogen and oxygen atoms in total. The first kappa shape index (κ1) is 10.5. The van der Waals surface area contributed by atoms with Gasteiger partial charge in [0.15, 0.2) is 0 Å². The standard InChI is InChI=1S/C11H17NO3/c1-11(2,3)15-10(14)12-6-7-4-8(5-7)9(12)13/h7-8H,4-6H2,1-3H3. The maximum atomic E-state index is 11.7. The number of carbonyl (C=O) groups is 2. The van der Waals surface area contributed by atoms with Gasteiger partial charge in [-0.2, -0.15) is 0 Å². The molecule has 0 spiro atoms. The van der Waals surface area contributed by atoms with E-state index < -0.39 is 11.7 Å². The molecule has 0 radical (unpaired) electrons. The first-order valence-corrected chi connectivity index (χ1v) is 5.41. The summed E-state index contributed by atoms with van der Waals surface area (Å²) in [5.74, 6) is 0.545. The zero-order valence-electron chi connectivity index (χ0n) is 9.45. The van der Waals surface area contributed by atoms with Crippen molar-refractivity contribution in [1.82, 2.24) is 4.90 Å². The number of hydrogen-bond acceptors (Lipinski definition) is 3. The summed E-state index contributed by atoms with van der Waals surface area (Å²) >= 11 is 0. The van der Waals surface area contributed by atoms with Crippen molar-refractivity contribution in [1.29, 1.82) is 0 Å². The van der Waals surface area contributed by atoms with Gasteiger partial charge in [0.25, 0.3) is 0 Å². The highest BCUT2D eigenvalue weighted by Gasteiger charge is 2.46. The van der Waals surface area contributed by atoms with Crippen molar-refractivity contribution in [3.8, 4) is 0 Å². The summed E-state index contributed by atoms with van der Waals surface area (Å²) in [7, 11) is 0. The summed E-state index contributed by atoms with van der Waals surface area (Å²) < 4.78 is 5.18. The summed E-state index contributed by atoms with van der Waals surface area (Å²) in [6.07, 6.45) is 1.43. The minimum atomic E-state index is -0.529. The van der Waals surface area contributed by atoms with Gasteiger partial charge in [-0.3, -0.25) is 4.79 Å². The van der Waals surface area contributed by atoms with E-state index in [1.54, 1.807) is 20.8 Å². The lowest BCUT2D eigenvalue weighted by Gasteiger charge is -2.45. The van der Waals surface area contributed by atoms with Gasteiger partial charge >= 0.3 is 6.09 Å². The smallest absolute Gasteiger partial charge is 0.417 e. The Balaban J connectivity index is 1.99. The van der Waals surface area contributed by atoms with Crippen molar-refractivity contribution in [2.75, 3.05) is 6.54 Å². The number of amides is 2. The zero-order valence-corrected chi connectivity index (χ0v) is 9.45. The van der Waals surface area contributed by atoms with Crippen molar-refractivity contribution in [3.63, 3.8) is 0 Å². The first-order chi connectivity index (χ1) is 6.87. The van der Waals surface area contributed by atoms with Gasteiger partial charge in [-0.1, -0.05) is 0 Å². The third-order valence-corrected chi connectivity index (χ3v) is 2.91. The van der Waals surface area contributed by atoms with Crippen LogP contribution in [0.5, 0.6) is 0 Å². The summed E-state index contributed by atoms with van der Waals surface area (Å²) in [5.41, 5.74) is -0.529. The topological polar surface area (TPSA) is 46.6 Å². The second-order valence-electron chi connectivity index (χ2n) is 5.46. The number of nitrogens with zero attached hydrogens (tertiary/aromatic N) is 1. The highest BCUT2D eigenvalue weighted by atomic mass is 16.6. The van der Waals surface area contributed by atoms with E-state index in [0.29, 0.717) is 12.5 Å². The van der Waals surface area contributed by atoms with Crippen LogP contribution in [0, 0.1) is 11.8 Å². The Kier molecular flexibility index (Phi) is 2.24. The third-order valence-electron chi connectivity index (χ3n) is 2.91. The molecule has 2 saturated heterocycles. The third kappa shape index (κ3) is 1.98. The number of piperidine rings is 2. The molecular weight excluding hydrogens is 194 g/mol. The molecule has 0 aromatic rings. The molecule has 2 amide bonds. The molecule has 0 N–H and O–H groups in total. The Morgan fingerprint density at radius 1 is 1.40 bits per heavy atom. The monoisotopic (exact) mass is 211 g/mol. The van der Waals surface area contributed by atoms with Crippen LogP contribution in [-0.2, 0) is 9.53 Å².